The summed E-state index contributed by atoms with van der Waals surface area (Å²) in [6.07, 6.45) is 0. The lowest BCUT2D eigenvalue weighted by atomic mass is 10.1. The Morgan fingerprint density at radius 1 is 1.30 bits per heavy atom. The monoisotopic (exact) mass is 272 g/mol. The van der Waals surface area contributed by atoms with Gasteiger partial charge in [0.2, 0.25) is 0 Å². The van der Waals surface area contributed by atoms with Crippen LogP contribution in [0.1, 0.15) is 10.5 Å². The number of carbonyl (C=O) groups excluding carboxylic acids is 1. The fourth-order valence-corrected chi connectivity index (χ4v) is 2.39. The van der Waals surface area contributed by atoms with Gasteiger partial charge in [0.15, 0.2) is 5.69 Å². The molecule has 0 aliphatic carbocycles. The number of anilines is 1. The van der Waals surface area contributed by atoms with Crippen LogP contribution in [0.25, 0.3) is 10.9 Å². The van der Waals surface area contributed by atoms with Crippen molar-refractivity contribution in [3.8, 4) is 0 Å². The minimum atomic E-state index is -0.378. The predicted octanol–water partition coefficient (Wildman–Crippen LogP) is 0.675. The normalized spacial score (nSPS) is 15.3. The number of amides is 1. The van der Waals surface area contributed by atoms with Crippen LogP contribution in [0.2, 0.25) is 0 Å². The minimum absolute atomic E-state index is 0.355. The number of nitrogens with two attached hydrogens (primary N) is 1. The van der Waals surface area contributed by atoms with Crippen molar-refractivity contribution in [2.45, 2.75) is 0 Å². The zero-order valence-corrected chi connectivity index (χ0v) is 11.0. The maximum absolute atomic E-state index is 12.0. The van der Waals surface area contributed by atoms with E-state index in [2.05, 4.69) is 15.3 Å². The van der Waals surface area contributed by atoms with Crippen molar-refractivity contribution in [3.63, 3.8) is 0 Å². The number of pyridine rings is 1. The second-order valence-corrected chi connectivity index (χ2v) is 4.62. The van der Waals surface area contributed by atoms with Crippen LogP contribution in [0.5, 0.6) is 0 Å². The van der Waals surface area contributed by atoms with Crippen molar-refractivity contribution >= 4 is 22.5 Å². The summed E-state index contributed by atoms with van der Waals surface area (Å²) in [7, 11) is 0. The summed E-state index contributed by atoms with van der Waals surface area (Å²) >= 11 is 0. The molecule has 0 spiro atoms. The van der Waals surface area contributed by atoms with Gasteiger partial charge in [-0.15, -0.1) is 0 Å². The lowest BCUT2D eigenvalue weighted by Crippen LogP contribution is -2.39. The Kier molecular flexibility index (Phi) is 3.49. The summed E-state index contributed by atoms with van der Waals surface area (Å²) in [5, 5.41) is 1.00. The number of nitrogen functional groups attached to an aromatic ring is 1. The summed E-state index contributed by atoms with van der Waals surface area (Å²) in [5.41, 5.74) is 4.10. The number of rotatable bonds is 2. The molecule has 6 heteroatoms. The Morgan fingerprint density at radius 2 is 2.05 bits per heavy atom. The van der Waals surface area contributed by atoms with Gasteiger partial charge in [-0.1, -0.05) is 18.2 Å². The number of carbonyl (C=O) groups is 1. The van der Waals surface area contributed by atoms with E-state index in [0.717, 1.165) is 29.7 Å². The Balaban J connectivity index is 2.13. The molecule has 1 aromatic heterocycles. The molecule has 0 atom stereocenters. The molecule has 0 saturated carbocycles. The third kappa shape index (κ3) is 2.31. The van der Waals surface area contributed by atoms with Crippen LogP contribution in [-0.4, -0.2) is 37.2 Å². The lowest BCUT2D eigenvalue weighted by Gasteiger charge is -2.30. The number of hydrogen-bond donors (Lipinski definition) is 2. The molecule has 0 unspecified atom stereocenters. The van der Waals surface area contributed by atoms with Crippen LogP contribution >= 0.6 is 0 Å². The Morgan fingerprint density at radius 3 is 2.80 bits per heavy atom. The summed E-state index contributed by atoms with van der Waals surface area (Å²) in [6.45, 7) is 2.78. The van der Waals surface area contributed by atoms with Crippen LogP contribution in [0, 0.1) is 0 Å². The largest absolute Gasteiger partial charge is 0.378 e. The van der Waals surface area contributed by atoms with E-state index in [-0.39, 0.29) is 5.91 Å². The Hall–Kier alpha value is -2.18. The van der Waals surface area contributed by atoms with Crippen LogP contribution in [0.15, 0.2) is 30.3 Å². The highest BCUT2D eigenvalue weighted by molar-refractivity contribution is 6.00. The van der Waals surface area contributed by atoms with E-state index in [1.165, 1.54) is 0 Å². The molecule has 0 radical (unpaired) electrons. The SMILES string of the molecule is NNC(=O)c1nc2ccccc2cc1N1CCOCC1. The van der Waals surface area contributed by atoms with E-state index in [1.807, 2.05) is 30.3 Å². The number of ether oxygens (including phenoxy) is 1. The molecule has 0 bridgehead atoms. The fourth-order valence-electron chi connectivity index (χ4n) is 2.39. The third-order valence-electron chi connectivity index (χ3n) is 3.40. The summed E-state index contributed by atoms with van der Waals surface area (Å²) in [4.78, 5) is 18.5. The number of fused-ring (bicyclic) bond motifs is 1. The molecular formula is C14H16N4O2. The van der Waals surface area contributed by atoms with Gasteiger partial charge < -0.3 is 9.64 Å². The number of nitrogens with one attached hydrogen (secondary N) is 1. The van der Waals surface area contributed by atoms with Gasteiger partial charge in [-0.25, -0.2) is 10.8 Å². The molecule has 1 saturated heterocycles. The van der Waals surface area contributed by atoms with E-state index >= 15 is 0 Å². The summed E-state index contributed by atoms with van der Waals surface area (Å²) in [5.74, 6) is 4.89. The van der Waals surface area contributed by atoms with Gasteiger partial charge in [0.05, 0.1) is 24.4 Å². The quantitative estimate of drug-likeness (QED) is 0.477. The van der Waals surface area contributed by atoms with Crippen molar-refractivity contribution in [3.05, 3.63) is 36.0 Å². The average molecular weight is 272 g/mol. The fraction of sp³-hybridized carbons (Fsp3) is 0.286. The molecule has 2 heterocycles. The van der Waals surface area contributed by atoms with Crippen molar-refractivity contribution in [1.29, 1.82) is 0 Å². The highest BCUT2D eigenvalue weighted by Crippen LogP contribution is 2.25. The molecule has 1 aliphatic rings. The van der Waals surface area contributed by atoms with Crippen molar-refractivity contribution < 1.29 is 9.53 Å². The van der Waals surface area contributed by atoms with E-state index in [9.17, 15) is 4.79 Å². The van der Waals surface area contributed by atoms with Crippen LogP contribution in [0.3, 0.4) is 0 Å². The van der Waals surface area contributed by atoms with Gasteiger partial charge in [-0.2, -0.15) is 0 Å². The van der Waals surface area contributed by atoms with Crippen LogP contribution < -0.4 is 16.2 Å². The number of benzene rings is 1. The number of nitrogens with zero attached hydrogens (tertiary/aromatic N) is 2. The number of aromatic nitrogens is 1. The molecule has 1 fully saturated rings. The van der Waals surface area contributed by atoms with E-state index in [1.54, 1.807) is 0 Å². The van der Waals surface area contributed by atoms with Crippen molar-refractivity contribution in [2.24, 2.45) is 5.84 Å². The third-order valence-corrected chi connectivity index (χ3v) is 3.40. The van der Waals surface area contributed by atoms with Crippen molar-refractivity contribution in [2.75, 3.05) is 31.2 Å². The molecule has 104 valence electrons. The molecule has 1 aliphatic heterocycles. The molecule has 1 amide bonds. The highest BCUT2D eigenvalue weighted by atomic mass is 16.5. The van der Waals surface area contributed by atoms with E-state index in [0.29, 0.717) is 18.9 Å². The van der Waals surface area contributed by atoms with Gasteiger partial charge in [0.25, 0.3) is 5.91 Å². The molecule has 2 aromatic rings. The smallest absolute Gasteiger partial charge is 0.285 e. The first-order valence-corrected chi connectivity index (χ1v) is 6.53. The first-order valence-electron chi connectivity index (χ1n) is 6.53. The molecule has 20 heavy (non-hydrogen) atoms. The first-order chi connectivity index (χ1) is 9.79. The van der Waals surface area contributed by atoms with Gasteiger partial charge in [0.1, 0.15) is 0 Å². The van der Waals surface area contributed by atoms with Crippen molar-refractivity contribution in [1.82, 2.24) is 10.4 Å². The standard InChI is InChI=1S/C14H16N4O2/c15-17-14(19)13-12(18-5-7-20-8-6-18)9-10-3-1-2-4-11(10)16-13/h1-4,9H,5-8,15H2,(H,17,19). The zero-order chi connectivity index (χ0) is 13.9. The lowest BCUT2D eigenvalue weighted by molar-refractivity contribution is 0.0947. The topological polar surface area (TPSA) is 80.5 Å². The Bertz CT molecular complexity index is 638. The number of hydrogen-bond acceptors (Lipinski definition) is 5. The predicted molar refractivity (Wildman–Crippen MR) is 76.4 cm³/mol. The van der Waals surface area contributed by atoms with Gasteiger partial charge in [-0.3, -0.25) is 10.2 Å². The number of para-hydroxylation sites is 1. The maximum atomic E-state index is 12.0. The van der Waals surface area contributed by atoms with Gasteiger partial charge in [0, 0.05) is 18.5 Å². The minimum Gasteiger partial charge on any atom is -0.378 e. The maximum Gasteiger partial charge on any atom is 0.285 e. The highest BCUT2D eigenvalue weighted by Gasteiger charge is 2.20. The van der Waals surface area contributed by atoms with Crippen LogP contribution in [0.4, 0.5) is 5.69 Å². The molecule has 3 N–H and O–H groups in total. The second kappa shape index (κ2) is 5.44. The molecular weight excluding hydrogens is 256 g/mol. The summed E-state index contributed by atoms with van der Waals surface area (Å²) in [6, 6.07) is 9.70. The average Bonchev–Trinajstić information content (AvgIpc) is 2.53. The zero-order valence-electron chi connectivity index (χ0n) is 11.0. The number of morpholine rings is 1. The van der Waals surface area contributed by atoms with Gasteiger partial charge >= 0.3 is 0 Å². The molecule has 3 rings (SSSR count). The van der Waals surface area contributed by atoms with E-state index < -0.39 is 0 Å². The number of hydrazine groups is 1. The Labute approximate surface area is 116 Å². The summed E-state index contributed by atoms with van der Waals surface area (Å²) < 4.78 is 5.35. The second-order valence-electron chi connectivity index (χ2n) is 4.62. The van der Waals surface area contributed by atoms with E-state index in [4.69, 9.17) is 10.6 Å². The van der Waals surface area contributed by atoms with Crippen LogP contribution in [-0.2, 0) is 4.74 Å². The molecule has 1 aromatic carbocycles. The first kappa shape index (κ1) is 12.8. The van der Waals surface area contributed by atoms with Gasteiger partial charge in [-0.05, 0) is 12.1 Å². The molecule has 6 nitrogen and oxygen atoms in total.